The van der Waals surface area contributed by atoms with Crippen molar-refractivity contribution in [3.05, 3.63) is 94.5 Å². The van der Waals surface area contributed by atoms with E-state index in [1.807, 2.05) is 36.4 Å². The number of ether oxygens (including phenoxy) is 1. The van der Waals surface area contributed by atoms with Gasteiger partial charge in [0.1, 0.15) is 5.75 Å². The maximum Gasteiger partial charge on any atom is 0.417 e. The van der Waals surface area contributed by atoms with Crippen LogP contribution in [-0.2, 0) is 5.41 Å². The lowest BCUT2D eigenvalue weighted by Gasteiger charge is -2.23. The van der Waals surface area contributed by atoms with E-state index >= 15 is 0 Å². The molecule has 1 aromatic heterocycles. The van der Waals surface area contributed by atoms with E-state index in [-0.39, 0.29) is 16.9 Å². The molecule has 4 aromatic rings. The van der Waals surface area contributed by atoms with Gasteiger partial charge in [-0.05, 0) is 46.4 Å². The highest BCUT2D eigenvalue weighted by atomic mass is 32.1. The highest BCUT2D eigenvalue weighted by Crippen LogP contribution is 2.49. The van der Waals surface area contributed by atoms with Crippen LogP contribution in [0.3, 0.4) is 0 Å². The SMILES string of the molecule is CC(C)(C)c1c(-c2ccccc2)sc(N)c1-c1cccc(NC(=O)Oc2ccc([N+](=O)[O-])cc2)c1. The molecule has 0 saturated heterocycles. The van der Waals surface area contributed by atoms with Gasteiger partial charge in [-0.15, -0.1) is 11.3 Å². The summed E-state index contributed by atoms with van der Waals surface area (Å²) in [6.45, 7) is 6.48. The number of amides is 1. The summed E-state index contributed by atoms with van der Waals surface area (Å²) in [6.07, 6.45) is -0.699. The lowest BCUT2D eigenvalue weighted by molar-refractivity contribution is -0.384. The molecular weight excluding hydrogens is 462 g/mol. The van der Waals surface area contributed by atoms with E-state index in [0.29, 0.717) is 10.7 Å². The fourth-order valence-electron chi connectivity index (χ4n) is 3.88. The second-order valence-corrected chi connectivity index (χ2v) is 10.1. The predicted octanol–water partition coefficient (Wildman–Crippen LogP) is 7.48. The van der Waals surface area contributed by atoms with Crippen LogP contribution < -0.4 is 15.8 Å². The normalized spacial score (nSPS) is 11.2. The highest BCUT2D eigenvalue weighted by Gasteiger charge is 2.28. The summed E-state index contributed by atoms with van der Waals surface area (Å²) in [5.74, 6) is 0.203. The number of rotatable bonds is 5. The van der Waals surface area contributed by atoms with Gasteiger partial charge >= 0.3 is 6.09 Å². The van der Waals surface area contributed by atoms with Gasteiger partial charge in [-0.25, -0.2) is 4.79 Å². The molecule has 1 heterocycles. The Morgan fingerprint density at radius 1 is 0.971 bits per heavy atom. The first-order valence-corrected chi connectivity index (χ1v) is 11.8. The third-order valence-corrected chi connectivity index (χ3v) is 6.45. The zero-order valence-electron chi connectivity index (χ0n) is 19.6. The minimum absolute atomic E-state index is 0.0802. The number of nitrogens with zero attached hydrogens (tertiary/aromatic N) is 1. The molecule has 0 radical (unpaired) electrons. The Kier molecular flexibility index (Phi) is 6.57. The monoisotopic (exact) mass is 487 g/mol. The van der Waals surface area contributed by atoms with Crippen molar-refractivity contribution in [2.24, 2.45) is 0 Å². The Labute approximate surface area is 207 Å². The van der Waals surface area contributed by atoms with Crippen molar-refractivity contribution in [1.82, 2.24) is 0 Å². The Bertz CT molecular complexity index is 1370. The third kappa shape index (κ3) is 5.33. The second-order valence-electron chi connectivity index (χ2n) is 9.01. The topological polar surface area (TPSA) is 107 Å². The van der Waals surface area contributed by atoms with Crippen LogP contribution in [-0.4, -0.2) is 11.0 Å². The average molecular weight is 488 g/mol. The van der Waals surface area contributed by atoms with Crippen molar-refractivity contribution in [3.63, 3.8) is 0 Å². The average Bonchev–Trinajstić information content (AvgIpc) is 3.18. The number of hydrogen-bond acceptors (Lipinski definition) is 6. The molecular formula is C27H25N3O4S. The van der Waals surface area contributed by atoms with Crippen molar-refractivity contribution in [1.29, 1.82) is 0 Å². The number of carbonyl (C=O) groups excluding carboxylic acids is 1. The minimum Gasteiger partial charge on any atom is -0.410 e. The summed E-state index contributed by atoms with van der Waals surface area (Å²) in [4.78, 5) is 23.8. The van der Waals surface area contributed by atoms with Crippen LogP contribution in [0.5, 0.6) is 5.75 Å². The number of nitro groups is 1. The highest BCUT2D eigenvalue weighted by molar-refractivity contribution is 7.20. The number of hydrogen-bond donors (Lipinski definition) is 2. The van der Waals surface area contributed by atoms with Gasteiger partial charge in [0.05, 0.1) is 9.92 Å². The molecule has 0 unspecified atom stereocenters. The van der Waals surface area contributed by atoms with E-state index in [1.165, 1.54) is 24.3 Å². The molecule has 0 aliphatic rings. The maximum absolute atomic E-state index is 12.4. The number of nitrogens with one attached hydrogen (secondary N) is 1. The number of nitrogens with two attached hydrogens (primary N) is 1. The molecule has 3 aromatic carbocycles. The van der Waals surface area contributed by atoms with Gasteiger partial charge in [0, 0.05) is 28.3 Å². The van der Waals surface area contributed by atoms with Crippen molar-refractivity contribution in [3.8, 4) is 27.3 Å². The first-order valence-electron chi connectivity index (χ1n) is 11.0. The van der Waals surface area contributed by atoms with E-state index < -0.39 is 11.0 Å². The molecule has 8 heteroatoms. The number of thiophene rings is 1. The van der Waals surface area contributed by atoms with Crippen LogP contribution >= 0.6 is 11.3 Å². The molecule has 1 amide bonds. The van der Waals surface area contributed by atoms with Crippen molar-refractivity contribution >= 4 is 33.8 Å². The molecule has 0 fully saturated rings. The number of anilines is 2. The van der Waals surface area contributed by atoms with Gasteiger partial charge in [-0.3, -0.25) is 15.4 Å². The molecule has 3 N–H and O–H groups in total. The van der Waals surface area contributed by atoms with Crippen LogP contribution in [0, 0.1) is 10.1 Å². The minimum atomic E-state index is -0.699. The molecule has 0 spiro atoms. The lowest BCUT2D eigenvalue weighted by Crippen LogP contribution is -2.16. The van der Waals surface area contributed by atoms with Crippen LogP contribution in [0.4, 0.5) is 21.2 Å². The molecule has 0 atom stereocenters. The third-order valence-electron chi connectivity index (χ3n) is 5.38. The van der Waals surface area contributed by atoms with Crippen LogP contribution in [0.15, 0.2) is 78.9 Å². The van der Waals surface area contributed by atoms with E-state index in [9.17, 15) is 14.9 Å². The fraction of sp³-hybridized carbons (Fsp3) is 0.148. The van der Waals surface area contributed by atoms with Crippen molar-refractivity contribution < 1.29 is 14.5 Å². The van der Waals surface area contributed by atoms with Crippen LogP contribution in [0.2, 0.25) is 0 Å². The standard InChI is InChI=1S/C27H25N3O4S/c1-27(2,3)23-22(25(28)35-24(23)17-8-5-4-6-9-17)18-10-7-11-19(16-18)29-26(31)34-21-14-12-20(13-15-21)30(32)33/h4-16H,28H2,1-3H3,(H,29,31). The van der Waals surface area contributed by atoms with Gasteiger partial charge < -0.3 is 10.5 Å². The first-order chi connectivity index (χ1) is 16.6. The van der Waals surface area contributed by atoms with E-state index in [2.05, 4.69) is 38.2 Å². The maximum atomic E-state index is 12.4. The summed E-state index contributed by atoms with van der Waals surface area (Å²) in [5.41, 5.74) is 10.9. The zero-order chi connectivity index (χ0) is 25.2. The van der Waals surface area contributed by atoms with Crippen molar-refractivity contribution in [2.75, 3.05) is 11.1 Å². The number of nitro benzene ring substituents is 1. The fourth-order valence-corrected chi connectivity index (χ4v) is 5.19. The lowest BCUT2D eigenvalue weighted by atomic mass is 9.81. The molecule has 0 bridgehead atoms. The van der Waals surface area contributed by atoms with Crippen molar-refractivity contribution in [2.45, 2.75) is 26.2 Å². The number of nitrogen functional groups attached to an aromatic ring is 1. The Morgan fingerprint density at radius 3 is 2.26 bits per heavy atom. The van der Waals surface area contributed by atoms with Gasteiger partial charge in [0.2, 0.25) is 0 Å². The molecule has 0 saturated carbocycles. The molecule has 178 valence electrons. The van der Waals surface area contributed by atoms with Crippen LogP contribution in [0.1, 0.15) is 26.3 Å². The van der Waals surface area contributed by atoms with Gasteiger partial charge in [-0.1, -0.05) is 63.2 Å². The smallest absolute Gasteiger partial charge is 0.410 e. The van der Waals surface area contributed by atoms with E-state index in [0.717, 1.165) is 27.1 Å². The summed E-state index contributed by atoms with van der Waals surface area (Å²) in [7, 11) is 0. The summed E-state index contributed by atoms with van der Waals surface area (Å²) < 4.78 is 5.27. The molecule has 7 nitrogen and oxygen atoms in total. The Hall–Kier alpha value is -4.17. The Morgan fingerprint density at radius 2 is 1.63 bits per heavy atom. The summed E-state index contributed by atoms with van der Waals surface area (Å²) in [5, 5.41) is 14.2. The molecule has 0 aliphatic heterocycles. The number of carbonyl (C=O) groups is 1. The summed E-state index contributed by atoms with van der Waals surface area (Å²) >= 11 is 1.56. The van der Waals surface area contributed by atoms with E-state index in [1.54, 1.807) is 17.4 Å². The molecule has 35 heavy (non-hydrogen) atoms. The predicted molar refractivity (Wildman–Crippen MR) is 141 cm³/mol. The molecule has 0 aliphatic carbocycles. The van der Waals surface area contributed by atoms with Gasteiger partial charge in [0.15, 0.2) is 0 Å². The number of benzene rings is 3. The largest absolute Gasteiger partial charge is 0.417 e. The van der Waals surface area contributed by atoms with Gasteiger partial charge in [-0.2, -0.15) is 0 Å². The second kappa shape index (κ2) is 9.60. The summed E-state index contributed by atoms with van der Waals surface area (Å²) in [6, 6.07) is 22.9. The Balaban J connectivity index is 1.63. The quantitative estimate of drug-likeness (QED) is 0.224. The van der Waals surface area contributed by atoms with Crippen LogP contribution in [0.25, 0.3) is 21.6 Å². The number of non-ortho nitro benzene ring substituents is 1. The first kappa shape index (κ1) is 24.0. The molecule has 4 rings (SSSR count). The zero-order valence-corrected chi connectivity index (χ0v) is 20.4. The van der Waals surface area contributed by atoms with Gasteiger partial charge in [0.25, 0.3) is 5.69 Å². The van der Waals surface area contributed by atoms with E-state index in [4.69, 9.17) is 10.5 Å².